The molecule has 144 valence electrons. The average molecular weight is 454 g/mol. The van der Waals surface area contributed by atoms with Gasteiger partial charge in [0.25, 0.3) is 0 Å². The third-order valence-corrected chi connectivity index (χ3v) is 5.19. The minimum absolute atomic E-state index is 0.347. The van der Waals surface area contributed by atoms with Crippen LogP contribution in [-0.4, -0.2) is 6.21 Å². The Balaban J connectivity index is 1.57. The quantitative estimate of drug-likeness (QED) is 0.308. The second kappa shape index (κ2) is 10.0. The minimum atomic E-state index is 0.347. The van der Waals surface area contributed by atoms with Gasteiger partial charge in [-0.05, 0) is 42.0 Å². The normalized spacial score (nSPS) is 11.0. The monoisotopic (exact) mass is 452 g/mol. The molecule has 0 saturated heterocycles. The zero-order valence-electron chi connectivity index (χ0n) is 14.6. The predicted molar refractivity (Wildman–Crippen MR) is 118 cm³/mol. The molecule has 28 heavy (non-hydrogen) atoms. The molecule has 0 aromatic heterocycles. The molecule has 0 spiro atoms. The lowest BCUT2D eigenvalue weighted by atomic mass is 10.2. The summed E-state index contributed by atoms with van der Waals surface area (Å²) < 4.78 is 5.82. The summed E-state index contributed by atoms with van der Waals surface area (Å²) in [5, 5.41) is 6.60. The second-order valence-corrected chi connectivity index (χ2v) is 7.55. The number of halogens is 4. The lowest BCUT2D eigenvalue weighted by molar-refractivity contribution is 0.306. The Bertz CT molecular complexity index is 972. The van der Waals surface area contributed by atoms with Crippen LogP contribution in [0, 0.1) is 0 Å². The third-order valence-electron chi connectivity index (χ3n) is 3.89. The topological polar surface area (TPSA) is 33.6 Å². The van der Waals surface area contributed by atoms with E-state index in [-0.39, 0.29) is 0 Å². The van der Waals surface area contributed by atoms with Crippen molar-refractivity contribution in [3.05, 3.63) is 97.4 Å². The lowest BCUT2D eigenvalue weighted by Gasteiger charge is -2.09. The van der Waals surface area contributed by atoms with Crippen molar-refractivity contribution < 1.29 is 4.74 Å². The molecule has 0 heterocycles. The fraction of sp³-hybridized carbons (Fsp3) is 0.0952. The molecule has 3 aromatic carbocycles. The lowest BCUT2D eigenvalue weighted by Crippen LogP contribution is -2.06. The van der Waals surface area contributed by atoms with E-state index in [1.54, 1.807) is 36.5 Å². The summed E-state index contributed by atoms with van der Waals surface area (Å²) >= 11 is 24.4. The zero-order valence-corrected chi connectivity index (χ0v) is 17.7. The number of nitrogens with zero attached hydrogens (tertiary/aromatic N) is 1. The molecule has 3 nitrogen and oxygen atoms in total. The minimum Gasteiger partial charge on any atom is -0.489 e. The Morgan fingerprint density at radius 3 is 2.36 bits per heavy atom. The standard InChI is InChI=1S/C21H16Cl4N2O/c22-16-8-7-15(21(25)10-16)13-28-17-4-1-3-14(9-17)11-26-27-12-18-19(23)5-2-6-20(18)24/h1-11,27H,12-13H2/b26-11-. The van der Waals surface area contributed by atoms with Gasteiger partial charge in [-0.3, -0.25) is 0 Å². The average Bonchev–Trinajstić information content (AvgIpc) is 2.67. The molecule has 0 amide bonds. The largest absolute Gasteiger partial charge is 0.489 e. The van der Waals surface area contributed by atoms with E-state index in [1.807, 2.05) is 30.3 Å². The van der Waals surface area contributed by atoms with Gasteiger partial charge in [-0.25, -0.2) is 0 Å². The first-order valence-corrected chi connectivity index (χ1v) is 9.90. The summed E-state index contributed by atoms with van der Waals surface area (Å²) in [6, 6.07) is 18.3. The molecule has 0 radical (unpaired) electrons. The molecule has 0 bridgehead atoms. The van der Waals surface area contributed by atoms with Crippen LogP contribution in [0.25, 0.3) is 0 Å². The van der Waals surface area contributed by atoms with Gasteiger partial charge in [-0.1, -0.05) is 70.7 Å². The zero-order chi connectivity index (χ0) is 19.9. The molecule has 0 atom stereocenters. The highest BCUT2D eigenvalue weighted by molar-refractivity contribution is 6.36. The summed E-state index contributed by atoms with van der Waals surface area (Å²) in [4.78, 5) is 0. The molecule has 7 heteroatoms. The highest BCUT2D eigenvalue weighted by Crippen LogP contribution is 2.24. The number of hydrogen-bond acceptors (Lipinski definition) is 3. The first-order chi connectivity index (χ1) is 13.5. The first-order valence-electron chi connectivity index (χ1n) is 8.38. The molecule has 0 saturated carbocycles. The smallest absolute Gasteiger partial charge is 0.120 e. The van der Waals surface area contributed by atoms with Crippen molar-refractivity contribution in [3.8, 4) is 5.75 Å². The van der Waals surface area contributed by atoms with E-state index in [1.165, 1.54) is 0 Å². The van der Waals surface area contributed by atoms with Gasteiger partial charge in [0.15, 0.2) is 0 Å². The molecule has 3 rings (SSSR count). The van der Waals surface area contributed by atoms with Crippen molar-refractivity contribution in [3.63, 3.8) is 0 Å². The molecule has 0 fully saturated rings. The Kier molecular flexibility index (Phi) is 7.46. The number of hydrogen-bond donors (Lipinski definition) is 1. The van der Waals surface area contributed by atoms with Crippen molar-refractivity contribution >= 4 is 52.6 Å². The van der Waals surface area contributed by atoms with Gasteiger partial charge in [0, 0.05) is 31.2 Å². The summed E-state index contributed by atoms with van der Waals surface area (Å²) in [6.45, 7) is 0.778. The van der Waals surface area contributed by atoms with E-state index < -0.39 is 0 Å². The van der Waals surface area contributed by atoms with Gasteiger partial charge in [0.05, 0.1) is 12.8 Å². The van der Waals surface area contributed by atoms with E-state index >= 15 is 0 Å². The van der Waals surface area contributed by atoms with Crippen molar-refractivity contribution in [2.45, 2.75) is 13.2 Å². The van der Waals surface area contributed by atoms with Crippen molar-refractivity contribution in [2.75, 3.05) is 0 Å². The summed E-state index contributed by atoms with van der Waals surface area (Å²) in [6.07, 6.45) is 1.70. The van der Waals surface area contributed by atoms with Gasteiger partial charge < -0.3 is 10.2 Å². The van der Waals surface area contributed by atoms with Crippen LogP contribution in [0.1, 0.15) is 16.7 Å². The number of ether oxygens (including phenoxy) is 1. The SMILES string of the molecule is Clc1ccc(COc2cccc(/C=N\NCc3c(Cl)cccc3Cl)c2)c(Cl)c1. The van der Waals surface area contributed by atoms with Gasteiger partial charge in [0.1, 0.15) is 12.4 Å². The summed E-state index contributed by atoms with van der Waals surface area (Å²) in [5.41, 5.74) is 5.51. The summed E-state index contributed by atoms with van der Waals surface area (Å²) in [7, 11) is 0. The van der Waals surface area contributed by atoms with Crippen LogP contribution in [0.2, 0.25) is 20.1 Å². The fourth-order valence-corrected chi connectivity index (χ4v) is 3.42. The maximum atomic E-state index is 6.17. The van der Waals surface area contributed by atoms with Gasteiger partial charge >= 0.3 is 0 Å². The first kappa shape index (κ1) is 20.8. The molecule has 0 aliphatic heterocycles. The van der Waals surface area contributed by atoms with Crippen LogP contribution in [0.3, 0.4) is 0 Å². The second-order valence-electron chi connectivity index (χ2n) is 5.89. The van der Waals surface area contributed by atoms with Crippen molar-refractivity contribution in [2.24, 2.45) is 5.10 Å². The van der Waals surface area contributed by atoms with Crippen LogP contribution < -0.4 is 10.2 Å². The Morgan fingerprint density at radius 2 is 1.61 bits per heavy atom. The molecular formula is C21H16Cl4N2O. The maximum absolute atomic E-state index is 6.17. The van der Waals surface area contributed by atoms with Crippen LogP contribution in [0.5, 0.6) is 5.75 Å². The maximum Gasteiger partial charge on any atom is 0.120 e. The molecule has 0 aliphatic carbocycles. The van der Waals surface area contributed by atoms with E-state index in [4.69, 9.17) is 51.1 Å². The number of hydrazone groups is 1. The molecular weight excluding hydrogens is 438 g/mol. The van der Waals surface area contributed by atoms with Crippen LogP contribution in [-0.2, 0) is 13.2 Å². The Hall–Kier alpha value is -1.91. The predicted octanol–water partition coefficient (Wildman–Crippen LogP) is 7.00. The van der Waals surface area contributed by atoms with Crippen molar-refractivity contribution in [1.29, 1.82) is 0 Å². The van der Waals surface area contributed by atoms with Gasteiger partial charge in [-0.2, -0.15) is 5.10 Å². The number of rotatable bonds is 7. The highest BCUT2D eigenvalue weighted by Gasteiger charge is 2.04. The Morgan fingerprint density at radius 1 is 0.857 bits per heavy atom. The van der Waals surface area contributed by atoms with E-state index in [0.717, 1.165) is 16.7 Å². The van der Waals surface area contributed by atoms with E-state index in [9.17, 15) is 0 Å². The van der Waals surface area contributed by atoms with Crippen LogP contribution in [0.15, 0.2) is 65.8 Å². The fourth-order valence-electron chi connectivity index (χ4n) is 2.43. The van der Waals surface area contributed by atoms with Gasteiger partial charge in [-0.15, -0.1) is 0 Å². The molecule has 0 aliphatic rings. The van der Waals surface area contributed by atoms with Crippen LogP contribution >= 0.6 is 46.4 Å². The highest BCUT2D eigenvalue weighted by atomic mass is 35.5. The van der Waals surface area contributed by atoms with E-state index in [0.29, 0.717) is 39.0 Å². The van der Waals surface area contributed by atoms with Gasteiger partial charge in [0.2, 0.25) is 0 Å². The molecule has 0 unspecified atom stereocenters. The number of benzene rings is 3. The van der Waals surface area contributed by atoms with Crippen molar-refractivity contribution in [1.82, 2.24) is 5.43 Å². The third kappa shape index (κ3) is 5.79. The van der Waals surface area contributed by atoms with Crippen LogP contribution in [0.4, 0.5) is 0 Å². The molecule has 3 aromatic rings. The summed E-state index contributed by atoms with van der Waals surface area (Å²) in [5.74, 6) is 0.712. The molecule has 1 N–H and O–H groups in total. The number of nitrogens with one attached hydrogen (secondary N) is 1. The van der Waals surface area contributed by atoms with E-state index in [2.05, 4.69) is 10.5 Å². The Labute approximate surface area is 183 Å².